The third-order valence-electron chi connectivity index (χ3n) is 3.86. The molecule has 0 unspecified atom stereocenters. The second-order valence-electron chi connectivity index (χ2n) is 5.17. The van der Waals surface area contributed by atoms with E-state index < -0.39 is 0 Å². The molecule has 21 heavy (non-hydrogen) atoms. The quantitative estimate of drug-likeness (QED) is 0.855. The van der Waals surface area contributed by atoms with Crippen LogP contribution in [0.15, 0.2) is 30.5 Å². The van der Waals surface area contributed by atoms with Gasteiger partial charge in [0.25, 0.3) is 11.8 Å². The van der Waals surface area contributed by atoms with Gasteiger partial charge in [-0.15, -0.1) is 0 Å². The Labute approximate surface area is 122 Å². The number of benzene rings is 1. The Morgan fingerprint density at radius 3 is 2.24 bits per heavy atom. The van der Waals surface area contributed by atoms with E-state index in [2.05, 4.69) is 4.98 Å². The summed E-state index contributed by atoms with van der Waals surface area (Å²) in [6, 6.07) is 6.83. The van der Waals surface area contributed by atoms with Crippen LogP contribution in [-0.4, -0.2) is 21.7 Å². The number of aryl methyl sites for hydroxylation is 1. The summed E-state index contributed by atoms with van der Waals surface area (Å²) in [6.07, 6.45) is 1.66. The van der Waals surface area contributed by atoms with Gasteiger partial charge < -0.3 is 5.73 Å². The fourth-order valence-electron chi connectivity index (χ4n) is 2.48. The van der Waals surface area contributed by atoms with Crippen molar-refractivity contribution in [2.45, 2.75) is 20.4 Å². The summed E-state index contributed by atoms with van der Waals surface area (Å²) < 4.78 is 0. The lowest BCUT2D eigenvalue weighted by molar-refractivity contribution is 0.0640. The summed E-state index contributed by atoms with van der Waals surface area (Å²) in [4.78, 5) is 30.2. The largest absolute Gasteiger partial charge is 0.398 e. The number of pyridine rings is 1. The van der Waals surface area contributed by atoms with Gasteiger partial charge in [0.15, 0.2) is 0 Å². The zero-order valence-electron chi connectivity index (χ0n) is 11.9. The van der Waals surface area contributed by atoms with Crippen molar-refractivity contribution >= 4 is 17.5 Å². The van der Waals surface area contributed by atoms with Gasteiger partial charge in [0, 0.05) is 11.9 Å². The minimum absolute atomic E-state index is 0.142. The summed E-state index contributed by atoms with van der Waals surface area (Å²) in [5, 5.41) is 0. The van der Waals surface area contributed by atoms with Crippen LogP contribution in [0.3, 0.4) is 0 Å². The molecule has 2 aromatic rings. The Kier molecular flexibility index (Phi) is 2.97. The number of hydrogen-bond donors (Lipinski definition) is 1. The number of amides is 2. The average Bonchev–Trinajstić information content (AvgIpc) is 2.73. The first-order valence-corrected chi connectivity index (χ1v) is 6.66. The lowest BCUT2D eigenvalue weighted by atomic mass is 10.1. The highest BCUT2D eigenvalue weighted by Gasteiger charge is 2.35. The van der Waals surface area contributed by atoms with Crippen LogP contribution in [0, 0.1) is 13.8 Å². The van der Waals surface area contributed by atoms with Crippen molar-refractivity contribution in [2.75, 3.05) is 5.73 Å². The lowest BCUT2D eigenvalue weighted by Crippen LogP contribution is -2.30. The number of rotatable bonds is 2. The van der Waals surface area contributed by atoms with Crippen LogP contribution in [0.1, 0.15) is 37.5 Å². The van der Waals surface area contributed by atoms with Gasteiger partial charge in [-0.1, -0.05) is 12.1 Å². The van der Waals surface area contributed by atoms with E-state index in [1.807, 2.05) is 13.8 Å². The van der Waals surface area contributed by atoms with E-state index in [1.165, 1.54) is 4.90 Å². The van der Waals surface area contributed by atoms with Crippen molar-refractivity contribution in [1.29, 1.82) is 0 Å². The Balaban J connectivity index is 1.96. The van der Waals surface area contributed by atoms with Gasteiger partial charge >= 0.3 is 0 Å². The molecule has 5 heteroatoms. The van der Waals surface area contributed by atoms with E-state index in [0.717, 1.165) is 11.1 Å². The van der Waals surface area contributed by atoms with E-state index in [4.69, 9.17) is 5.73 Å². The summed E-state index contributed by atoms with van der Waals surface area (Å²) >= 11 is 0. The van der Waals surface area contributed by atoms with Crippen molar-refractivity contribution in [3.05, 3.63) is 58.4 Å². The number of carbonyl (C=O) groups excluding carboxylic acids is 2. The second-order valence-corrected chi connectivity index (χ2v) is 5.17. The van der Waals surface area contributed by atoms with E-state index in [0.29, 0.717) is 22.5 Å². The SMILES string of the molecule is Cc1cnc(CN2C(=O)c3ccccc3C2=O)c(C)c1N. The molecule has 106 valence electrons. The van der Waals surface area contributed by atoms with Crippen LogP contribution in [0.5, 0.6) is 0 Å². The molecule has 1 aromatic carbocycles. The van der Waals surface area contributed by atoms with E-state index in [-0.39, 0.29) is 18.4 Å². The number of nitrogen functional groups attached to an aromatic ring is 1. The smallest absolute Gasteiger partial charge is 0.261 e. The molecule has 2 N–H and O–H groups in total. The standard InChI is InChI=1S/C16H15N3O2/c1-9-7-18-13(10(2)14(9)17)8-19-15(20)11-5-3-4-6-12(11)16(19)21/h3-7H,8H2,1-2H3,(H2,17,18). The normalized spacial score (nSPS) is 13.7. The second kappa shape index (κ2) is 4.70. The van der Waals surface area contributed by atoms with Gasteiger partial charge in [0.1, 0.15) is 0 Å². The first-order valence-electron chi connectivity index (χ1n) is 6.66. The van der Waals surface area contributed by atoms with Crippen LogP contribution in [0.25, 0.3) is 0 Å². The first-order chi connectivity index (χ1) is 10.0. The van der Waals surface area contributed by atoms with Gasteiger partial charge in [0.05, 0.1) is 23.4 Å². The topological polar surface area (TPSA) is 76.3 Å². The van der Waals surface area contributed by atoms with Crippen LogP contribution in [-0.2, 0) is 6.54 Å². The van der Waals surface area contributed by atoms with E-state index in [1.54, 1.807) is 30.5 Å². The molecule has 5 nitrogen and oxygen atoms in total. The number of carbonyl (C=O) groups is 2. The fourth-order valence-corrected chi connectivity index (χ4v) is 2.48. The molecular weight excluding hydrogens is 266 g/mol. The number of aromatic nitrogens is 1. The van der Waals surface area contributed by atoms with Gasteiger partial charge in [-0.05, 0) is 37.1 Å². The zero-order valence-corrected chi connectivity index (χ0v) is 11.9. The Hall–Kier alpha value is -2.69. The molecule has 0 saturated heterocycles. The van der Waals surface area contributed by atoms with Crippen LogP contribution in [0.2, 0.25) is 0 Å². The molecule has 0 atom stereocenters. The summed E-state index contributed by atoms with van der Waals surface area (Å²) in [7, 11) is 0. The number of nitrogens with two attached hydrogens (primary N) is 1. The maximum Gasteiger partial charge on any atom is 0.261 e. The summed E-state index contributed by atoms with van der Waals surface area (Å²) in [5.41, 5.74) is 9.87. The van der Waals surface area contributed by atoms with Gasteiger partial charge in [-0.3, -0.25) is 19.5 Å². The lowest BCUT2D eigenvalue weighted by Gasteiger charge is -2.16. The van der Waals surface area contributed by atoms with E-state index in [9.17, 15) is 9.59 Å². The molecular formula is C16H15N3O2. The molecule has 2 amide bonds. The number of anilines is 1. The summed E-state index contributed by atoms with van der Waals surface area (Å²) in [5.74, 6) is -0.563. The number of fused-ring (bicyclic) bond motifs is 1. The molecule has 3 rings (SSSR count). The molecule has 2 heterocycles. The predicted octanol–water partition coefficient (Wildman–Crippen LogP) is 2.08. The maximum absolute atomic E-state index is 12.3. The van der Waals surface area contributed by atoms with Crippen molar-refractivity contribution in [3.8, 4) is 0 Å². The first kappa shape index (κ1) is 13.3. The highest BCUT2D eigenvalue weighted by molar-refractivity contribution is 6.21. The van der Waals surface area contributed by atoms with Gasteiger partial charge in [-0.25, -0.2) is 0 Å². The monoisotopic (exact) mass is 281 g/mol. The van der Waals surface area contributed by atoms with Crippen molar-refractivity contribution in [2.24, 2.45) is 0 Å². The molecule has 0 spiro atoms. The molecule has 1 aliphatic heterocycles. The maximum atomic E-state index is 12.3. The number of nitrogens with zero attached hydrogens (tertiary/aromatic N) is 2. The van der Waals surface area contributed by atoms with Crippen molar-refractivity contribution in [1.82, 2.24) is 9.88 Å². The minimum Gasteiger partial charge on any atom is -0.398 e. The van der Waals surface area contributed by atoms with Crippen molar-refractivity contribution in [3.63, 3.8) is 0 Å². The Morgan fingerprint density at radius 1 is 1.10 bits per heavy atom. The van der Waals surface area contributed by atoms with Crippen molar-refractivity contribution < 1.29 is 9.59 Å². The number of imide groups is 1. The highest BCUT2D eigenvalue weighted by Crippen LogP contribution is 2.26. The molecule has 0 bridgehead atoms. The molecule has 0 fully saturated rings. The average molecular weight is 281 g/mol. The molecule has 0 radical (unpaired) electrons. The third-order valence-corrected chi connectivity index (χ3v) is 3.86. The summed E-state index contributed by atoms with van der Waals surface area (Å²) in [6.45, 7) is 3.87. The van der Waals surface area contributed by atoms with Crippen LogP contribution in [0.4, 0.5) is 5.69 Å². The van der Waals surface area contributed by atoms with E-state index >= 15 is 0 Å². The number of hydrogen-bond acceptors (Lipinski definition) is 4. The molecule has 1 aliphatic rings. The zero-order chi connectivity index (χ0) is 15.1. The Bertz CT molecular complexity index is 733. The molecule has 0 aliphatic carbocycles. The minimum atomic E-state index is -0.282. The van der Waals surface area contributed by atoms with Crippen LogP contribution >= 0.6 is 0 Å². The third kappa shape index (κ3) is 1.98. The highest BCUT2D eigenvalue weighted by atomic mass is 16.2. The van der Waals surface area contributed by atoms with Gasteiger partial charge in [-0.2, -0.15) is 0 Å². The molecule has 0 saturated carbocycles. The fraction of sp³-hybridized carbons (Fsp3) is 0.188. The van der Waals surface area contributed by atoms with Crippen LogP contribution < -0.4 is 5.73 Å². The Morgan fingerprint density at radius 2 is 1.67 bits per heavy atom. The predicted molar refractivity (Wildman–Crippen MR) is 78.8 cm³/mol. The molecule has 1 aromatic heterocycles. The van der Waals surface area contributed by atoms with Gasteiger partial charge in [0.2, 0.25) is 0 Å².